The zero-order valence-electron chi connectivity index (χ0n) is 12.7. The molecule has 0 atom stereocenters. The molecule has 1 aromatic carbocycles. The highest BCUT2D eigenvalue weighted by Gasteiger charge is 2.22. The Balaban J connectivity index is 1.54. The maximum absolute atomic E-state index is 4.46. The first-order chi connectivity index (χ1) is 10.4. The molecule has 1 aromatic rings. The molecular formula is C16H24N4S. The lowest BCUT2D eigenvalue weighted by Gasteiger charge is -2.27. The molecule has 0 unspecified atom stereocenters. The van der Waals surface area contributed by atoms with Crippen LogP contribution in [0.1, 0.15) is 5.56 Å². The molecule has 2 heterocycles. The zero-order valence-corrected chi connectivity index (χ0v) is 13.5. The lowest BCUT2D eigenvalue weighted by atomic mass is 10.2. The minimum absolute atomic E-state index is 0.968. The summed E-state index contributed by atoms with van der Waals surface area (Å²) in [6.45, 7) is 5.54. The van der Waals surface area contributed by atoms with Crippen molar-refractivity contribution in [3.63, 3.8) is 0 Å². The van der Waals surface area contributed by atoms with Crippen molar-refractivity contribution in [3.8, 4) is 0 Å². The first-order valence-electron chi connectivity index (χ1n) is 7.74. The van der Waals surface area contributed by atoms with Gasteiger partial charge in [-0.25, -0.2) is 0 Å². The van der Waals surface area contributed by atoms with Crippen LogP contribution >= 0.6 is 11.8 Å². The van der Waals surface area contributed by atoms with Gasteiger partial charge in [-0.2, -0.15) is 11.8 Å². The van der Waals surface area contributed by atoms with Crippen molar-refractivity contribution in [3.05, 3.63) is 29.8 Å². The standard InChI is InChI=1S/C16H24N4S/c1-17-16(18-7-9-19-10-12-21-13-11-19)20-8-6-14-4-2-3-5-15(14)20/h2-5H,6-13H2,1H3,(H,17,18). The number of hydrogen-bond acceptors (Lipinski definition) is 3. The number of hydrogen-bond donors (Lipinski definition) is 1. The van der Waals surface area contributed by atoms with E-state index in [4.69, 9.17) is 0 Å². The van der Waals surface area contributed by atoms with E-state index in [1.807, 2.05) is 7.05 Å². The van der Waals surface area contributed by atoms with Crippen LogP contribution in [0.3, 0.4) is 0 Å². The van der Waals surface area contributed by atoms with Crippen LogP contribution in [0.25, 0.3) is 0 Å². The van der Waals surface area contributed by atoms with Crippen molar-refractivity contribution in [1.29, 1.82) is 0 Å². The van der Waals surface area contributed by atoms with E-state index in [-0.39, 0.29) is 0 Å². The molecule has 1 fully saturated rings. The Labute approximate surface area is 131 Å². The minimum Gasteiger partial charge on any atom is -0.355 e. The lowest BCUT2D eigenvalue weighted by Crippen LogP contribution is -2.45. The molecule has 2 aliphatic heterocycles. The van der Waals surface area contributed by atoms with Crippen LogP contribution < -0.4 is 10.2 Å². The third-order valence-electron chi connectivity index (χ3n) is 4.17. The predicted octanol–water partition coefficient (Wildman–Crippen LogP) is 1.67. The molecule has 21 heavy (non-hydrogen) atoms. The van der Waals surface area contributed by atoms with Crippen molar-refractivity contribution in [2.75, 3.05) is 56.2 Å². The molecule has 0 amide bonds. The smallest absolute Gasteiger partial charge is 0.198 e. The van der Waals surface area contributed by atoms with Crippen molar-refractivity contribution in [2.24, 2.45) is 4.99 Å². The van der Waals surface area contributed by atoms with E-state index in [9.17, 15) is 0 Å². The second-order valence-electron chi connectivity index (χ2n) is 5.46. The highest BCUT2D eigenvalue weighted by molar-refractivity contribution is 7.99. The van der Waals surface area contributed by atoms with Gasteiger partial charge in [-0.05, 0) is 18.1 Å². The number of benzene rings is 1. The van der Waals surface area contributed by atoms with Crippen LogP contribution in [-0.4, -0.2) is 62.1 Å². The number of rotatable bonds is 3. The summed E-state index contributed by atoms with van der Waals surface area (Å²) in [6.07, 6.45) is 1.11. The fourth-order valence-corrected chi connectivity index (χ4v) is 3.98. The Hall–Kier alpha value is -1.20. The van der Waals surface area contributed by atoms with Crippen molar-refractivity contribution < 1.29 is 0 Å². The van der Waals surface area contributed by atoms with E-state index < -0.39 is 0 Å². The molecule has 1 N–H and O–H groups in total. The molecular weight excluding hydrogens is 280 g/mol. The second-order valence-corrected chi connectivity index (χ2v) is 6.68. The van der Waals surface area contributed by atoms with Gasteiger partial charge in [0.25, 0.3) is 0 Å². The van der Waals surface area contributed by atoms with Crippen LogP contribution in [0.5, 0.6) is 0 Å². The minimum atomic E-state index is 0.968. The van der Waals surface area contributed by atoms with Crippen molar-refractivity contribution in [1.82, 2.24) is 10.2 Å². The quantitative estimate of drug-likeness (QED) is 0.680. The molecule has 2 aliphatic rings. The van der Waals surface area contributed by atoms with Crippen LogP contribution in [0, 0.1) is 0 Å². The Kier molecular flexibility index (Phi) is 5.04. The topological polar surface area (TPSA) is 30.9 Å². The third-order valence-corrected chi connectivity index (χ3v) is 5.11. The average molecular weight is 304 g/mol. The average Bonchev–Trinajstić information content (AvgIpc) is 2.97. The number of fused-ring (bicyclic) bond motifs is 1. The Bertz CT molecular complexity index is 497. The van der Waals surface area contributed by atoms with Gasteiger partial charge < -0.3 is 10.2 Å². The molecule has 4 nitrogen and oxygen atoms in total. The summed E-state index contributed by atoms with van der Waals surface area (Å²) in [7, 11) is 1.88. The third kappa shape index (κ3) is 3.52. The summed E-state index contributed by atoms with van der Waals surface area (Å²) >= 11 is 2.06. The molecule has 3 rings (SSSR count). The normalized spacial score (nSPS) is 19.7. The van der Waals surface area contributed by atoms with E-state index in [1.165, 1.54) is 35.8 Å². The molecule has 0 aromatic heterocycles. The largest absolute Gasteiger partial charge is 0.355 e. The number of aliphatic imine (C=N–C) groups is 1. The van der Waals surface area contributed by atoms with Crippen LogP contribution in [0.15, 0.2) is 29.3 Å². The first kappa shape index (κ1) is 14.7. The summed E-state index contributed by atoms with van der Waals surface area (Å²) in [5, 5.41) is 3.53. The Morgan fingerprint density at radius 2 is 2.05 bits per heavy atom. The highest BCUT2D eigenvalue weighted by atomic mass is 32.2. The summed E-state index contributed by atoms with van der Waals surface area (Å²) < 4.78 is 0. The molecule has 1 saturated heterocycles. The van der Waals surface area contributed by atoms with Crippen molar-refractivity contribution in [2.45, 2.75) is 6.42 Å². The van der Waals surface area contributed by atoms with E-state index in [0.717, 1.165) is 32.0 Å². The highest BCUT2D eigenvalue weighted by Crippen LogP contribution is 2.27. The van der Waals surface area contributed by atoms with Crippen molar-refractivity contribution >= 4 is 23.4 Å². The van der Waals surface area contributed by atoms with E-state index >= 15 is 0 Å². The zero-order chi connectivity index (χ0) is 14.5. The van der Waals surface area contributed by atoms with E-state index in [0.29, 0.717) is 0 Å². The first-order valence-corrected chi connectivity index (χ1v) is 8.90. The number of thioether (sulfide) groups is 1. The lowest BCUT2D eigenvalue weighted by molar-refractivity contribution is 0.307. The summed E-state index contributed by atoms with van der Waals surface area (Å²) in [5.74, 6) is 3.55. The number of anilines is 1. The van der Waals surface area contributed by atoms with Gasteiger partial charge in [0.15, 0.2) is 5.96 Å². The van der Waals surface area contributed by atoms with Crippen LogP contribution in [0.4, 0.5) is 5.69 Å². The van der Waals surface area contributed by atoms with Crippen LogP contribution in [-0.2, 0) is 6.42 Å². The van der Waals surface area contributed by atoms with E-state index in [1.54, 1.807) is 0 Å². The van der Waals surface area contributed by atoms with Gasteiger partial charge in [-0.3, -0.25) is 9.89 Å². The summed E-state index contributed by atoms with van der Waals surface area (Å²) in [4.78, 5) is 9.30. The Morgan fingerprint density at radius 3 is 2.86 bits per heavy atom. The van der Waals surface area contributed by atoms with Gasteiger partial charge >= 0.3 is 0 Å². The molecule has 0 spiro atoms. The molecule has 114 valence electrons. The fraction of sp³-hybridized carbons (Fsp3) is 0.562. The van der Waals surface area contributed by atoms with Gasteiger partial charge in [0.1, 0.15) is 0 Å². The molecule has 0 saturated carbocycles. The second kappa shape index (κ2) is 7.18. The molecule has 5 heteroatoms. The number of nitrogens with zero attached hydrogens (tertiary/aromatic N) is 3. The summed E-state index contributed by atoms with van der Waals surface area (Å²) in [6, 6.07) is 8.63. The van der Waals surface area contributed by atoms with Gasteiger partial charge in [-0.15, -0.1) is 0 Å². The van der Waals surface area contributed by atoms with Crippen LogP contribution in [0.2, 0.25) is 0 Å². The molecule has 0 bridgehead atoms. The van der Waals surface area contributed by atoms with Gasteiger partial charge in [0.05, 0.1) is 0 Å². The number of nitrogens with one attached hydrogen (secondary N) is 1. The summed E-state index contributed by atoms with van der Waals surface area (Å²) in [5.41, 5.74) is 2.73. The fourth-order valence-electron chi connectivity index (χ4n) is 3.00. The molecule has 0 radical (unpaired) electrons. The predicted molar refractivity (Wildman–Crippen MR) is 92.6 cm³/mol. The van der Waals surface area contributed by atoms with E-state index in [2.05, 4.69) is 56.1 Å². The number of para-hydroxylation sites is 1. The SMILES string of the molecule is CN=C(NCCN1CCSCC1)N1CCc2ccccc21. The maximum Gasteiger partial charge on any atom is 0.198 e. The Morgan fingerprint density at radius 1 is 1.24 bits per heavy atom. The maximum atomic E-state index is 4.46. The van der Waals surface area contributed by atoms with Gasteiger partial charge in [-0.1, -0.05) is 18.2 Å². The number of guanidine groups is 1. The van der Waals surface area contributed by atoms with Gasteiger partial charge in [0.2, 0.25) is 0 Å². The molecule has 0 aliphatic carbocycles. The monoisotopic (exact) mass is 304 g/mol. The van der Waals surface area contributed by atoms with Gasteiger partial charge in [0, 0.05) is 57.0 Å².